The number of benzene rings is 1. The van der Waals surface area contributed by atoms with Crippen LogP contribution in [0.2, 0.25) is 5.02 Å². The van der Waals surface area contributed by atoms with Crippen LogP contribution in [0.4, 0.5) is 5.82 Å². The molecule has 1 aromatic carbocycles. The van der Waals surface area contributed by atoms with Crippen molar-refractivity contribution in [1.29, 1.82) is 0 Å². The number of aliphatic hydroxyl groups is 2. The summed E-state index contributed by atoms with van der Waals surface area (Å²) in [6.45, 7) is -0.317. The van der Waals surface area contributed by atoms with Crippen LogP contribution in [0.25, 0.3) is 27.0 Å². The van der Waals surface area contributed by atoms with Gasteiger partial charge in [-0.1, -0.05) is 17.7 Å². The zero-order valence-corrected chi connectivity index (χ0v) is 19.4. The van der Waals surface area contributed by atoms with Crippen molar-refractivity contribution in [3.63, 3.8) is 0 Å². The molecule has 4 atom stereocenters. The molecule has 0 spiro atoms. The maximum absolute atomic E-state index is 11.1. The number of nitrogens with zero attached hydrogens (tertiary/aromatic N) is 3. The van der Waals surface area contributed by atoms with E-state index in [1.807, 2.05) is 29.6 Å². The Bertz CT molecular complexity index is 1440. The van der Waals surface area contributed by atoms with Crippen molar-refractivity contribution in [2.24, 2.45) is 11.1 Å². The van der Waals surface area contributed by atoms with Gasteiger partial charge in [0.2, 0.25) is 0 Å². The van der Waals surface area contributed by atoms with Crippen molar-refractivity contribution in [2.75, 3.05) is 11.9 Å². The molecule has 4 unspecified atom stereocenters. The van der Waals surface area contributed by atoms with Gasteiger partial charge in [-0.05, 0) is 24.6 Å². The van der Waals surface area contributed by atoms with Crippen LogP contribution in [-0.4, -0.2) is 58.1 Å². The van der Waals surface area contributed by atoms with Crippen molar-refractivity contribution in [1.82, 2.24) is 14.6 Å². The second-order valence-corrected chi connectivity index (χ2v) is 10.5. The summed E-state index contributed by atoms with van der Waals surface area (Å²) in [5.74, 6) is -0.0385. The van der Waals surface area contributed by atoms with Crippen LogP contribution in [-0.2, 0) is 14.5 Å². The minimum absolute atomic E-state index is 0.270. The molecular weight excluding hydrogens is 490 g/mol. The summed E-state index contributed by atoms with van der Waals surface area (Å²) in [7, 11) is -4.14. The lowest BCUT2D eigenvalue weighted by Crippen LogP contribution is -2.36. The van der Waals surface area contributed by atoms with Gasteiger partial charge in [-0.3, -0.25) is 4.18 Å². The molecule has 0 saturated heterocycles. The predicted octanol–water partition coefficient (Wildman–Crippen LogP) is 2.01. The standard InChI is InChI=1S/C20H20ClN5O5S2/c21-11-1-2-12-13(9-32-16(12)6-11)14-7-18-23-4-3-17(26(18)25-14)24-15-5-10(19(27)20(15)28)8-31-33(22,29)30/h1-4,6-7,9-10,15,19-20,24,27-28H,5,8H2,(H2,22,29,30). The summed E-state index contributed by atoms with van der Waals surface area (Å²) in [6, 6.07) is 8.72. The number of hydrogen-bond donors (Lipinski definition) is 4. The molecule has 1 aliphatic rings. The molecule has 0 bridgehead atoms. The predicted molar refractivity (Wildman–Crippen MR) is 125 cm³/mol. The highest BCUT2D eigenvalue weighted by atomic mass is 35.5. The van der Waals surface area contributed by atoms with E-state index in [0.717, 1.165) is 21.3 Å². The van der Waals surface area contributed by atoms with Gasteiger partial charge in [0.1, 0.15) is 11.9 Å². The average molecular weight is 510 g/mol. The fraction of sp³-hybridized carbons (Fsp3) is 0.300. The number of aromatic nitrogens is 3. The Balaban J connectivity index is 1.42. The number of halogens is 1. The molecule has 5 N–H and O–H groups in total. The Hall–Kier alpha value is -2.32. The smallest absolute Gasteiger partial charge is 0.333 e. The quantitative estimate of drug-likeness (QED) is 0.308. The van der Waals surface area contributed by atoms with Gasteiger partial charge in [0.15, 0.2) is 5.65 Å². The number of anilines is 1. The van der Waals surface area contributed by atoms with E-state index in [4.69, 9.17) is 21.8 Å². The van der Waals surface area contributed by atoms with Crippen molar-refractivity contribution >= 4 is 54.8 Å². The molecule has 1 aliphatic carbocycles. The van der Waals surface area contributed by atoms with Gasteiger partial charge in [-0.25, -0.2) is 10.1 Å². The van der Waals surface area contributed by atoms with E-state index in [1.54, 1.807) is 28.1 Å². The highest BCUT2D eigenvalue weighted by Gasteiger charge is 2.42. The molecule has 3 heterocycles. The summed E-state index contributed by atoms with van der Waals surface area (Å²) in [5.41, 5.74) is 2.29. The number of fused-ring (bicyclic) bond motifs is 2. The van der Waals surface area contributed by atoms with E-state index in [-0.39, 0.29) is 13.0 Å². The zero-order valence-electron chi connectivity index (χ0n) is 17.0. The number of nitrogens with one attached hydrogen (secondary N) is 1. The van der Waals surface area contributed by atoms with Crippen molar-refractivity contribution in [2.45, 2.75) is 24.7 Å². The maximum Gasteiger partial charge on any atom is 0.333 e. The van der Waals surface area contributed by atoms with Crippen LogP contribution >= 0.6 is 22.9 Å². The fourth-order valence-electron chi connectivity index (χ4n) is 4.14. The molecule has 3 aromatic heterocycles. The number of hydrogen-bond acceptors (Lipinski definition) is 9. The second-order valence-electron chi connectivity index (χ2n) is 7.92. The van der Waals surface area contributed by atoms with Crippen molar-refractivity contribution < 1.29 is 22.8 Å². The largest absolute Gasteiger partial charge is 0.390 e. The molecule has 10 nitrogen and oxygen atoms in total. The highest BCUT2D eigenvalue weighted by Crippen LogP contribution is 2.36. The summed E-state index contributed by atoms with van der Waals surface area (Å²) in [6.07, 6.45) is -0.415. The molecule has 4 aromatic rings. The number of rotatable bonds is 6. The van der Waals surface area contributed by atoms with Crippen LogP contribution < -0.4 is 10.5 Å². The minimum Gasteiger partial charge on any atom is -0.390 e. The van der Waals surface area contributed by atoms with E-state index in [2.05, 4.69) is 14.5 Å². The molecule has 0 radical (unpaired) electrons. The lowest BCUT2D eigenvalue weighted by molar-refractivity contribution is 0.00777. The molecular formula is C20H20ClN5O5S2. The van der Waals surface area contributed by atoms with Gasteiger partial charge in [-0.2, -0.15) is 18.0 Å². The number of aliphatic hydroxyl groups excluding tert-OH is 2. The molecule has 0 amide bonds. The first kappa shape index (κ1) is 22.5. The van der Waals surface area contributed by atoms with E-state index < -0.39 is 34.5 Å². The zero-order chi connectivity index (χ0) is 23.3. The summed E-state index contributed by atoms with van der Waals surface area (Å²) in [5, 5.41) is 37.3. The van der Waals surface area contributed by atoms with Gasteiger partial charge < -0.3 is 15.5 Å². The average Bonchev–Trinajstić information content (AvgIpc) is 3.44. The van der Waals surface area contributed by atoms with Crippen LogP contribution in [0, 0.1) is 5.92 Å². The summed E-state index contributed by atoms with van der Waals surface area (Å²) >= 11 is 7.68. The first-order valence-corrected chi connectivity index (χ1v) is 12.7. The first-order valence-electron chi connectivity index (χ1n) is 10.0. The molecule has 174 valence electrons. The number of thiophene rings is 1. The molecule has 13 heteroatoms. The summed E-state index contributed by atoms with van der Waals surface area (Å²) in [4.78, 5) is 4.38. The van der Waals surface area contributed by atoms with Gasteiger partial charge >= 0.3 is 10.3 Å². The molecule has 33 heavy (non-hydrogen) atoms. The Morgan fingerprint density at radius 1 is 1.27 bits per heavy atom. The third kappa shape index (κ3) is 4.43. The van der Waals surface area contributed by atoms with E-state index in [0.29, 0.717) is 16.5 Å². The third-order valence-corrected chi connectivity index (χ3v) is 7.40. The monoisotopic (exact) mass is 509 g/mol. The Labute approximate surface area is 197 Å². The maximum atomic E-state index is 11.1. The third-order valence-electron chi connectivity index (χ3n) is 5.75. The molecule has 1 saturated carbocycles. The van der Waals surface area contributed by atoms with Gasteiger partial charge in [-0.15, -0.1) is 11.3 Å². The van der Waals surface area contributed by atoms with Gasteiger partial charge in [0, 0.05) is 44.2 Å². The van der Waals surface area contributed by atoms with Crippen LogP contribution in [0.15, 0.2) is 41.9 Å². The lowest BCUT2D eigenvalue weighted by atomic mass is 10.1. The topological polar surface area (TPSA) is 152 Å². The minimum atomic E-state index is -4.14. The Morgan fingerprint density at radius 3 is 2.88 bits per heavy atom. The lowest BCUT2D eigenvalue weighted by Gasteiger charge is -2.19. The normalized spacial score (nSPS) is 23.5. The SMILES string of the molecule is NS(=O)(=O)OCC1CC(Nc2ccnc3cc(-c4csc5cc(Cl)ccc45)nn23)C(O)C1O. The van der Waals surface area contributed by atoms with Crippen molar-refractivity contribution in [3.8, 4) is 11.3 Å². The number of nitrogens with two attached hydrogens (primary N) is 1. The molecule has 0 aliphatic heterocycles. The molecule has 1 fully saturated rings. The molecule has 5 rings (SSSR count). The van der Waals surface area contributed by atoms with E-state index in [1.165, 1.54) is 0 Å². The second kappa shape index (κ2) is 8.47. The van der Waals surface area contributed by atoms with Crippen LogP contribution in [0.3, 0.4) is 0 Å². The van der Waals surface area contributed by atoms with E-state index in [9.17, 15) is 18.6 Å². The van der Waals surface area contributed by atoms with Gasteiger partial charge in [0.25, 0.3) is 0 Å². The Kier molecular flexibility index (Phi) is 5.77. The van der Waals surface area contributed by atoms with E-state index >= 15 is 0 Å². The highest BCUT2D eigenvalue weighted by molar-refractivity contribution is 7.84. The Morgan fingerprint density at radius 2 is 2.09 bits per heavy atom. The van der Waals surface area contributed by atoms with Crippen molar-refractivity contribution in [3.05, 3.63) is 46.9 Å². The van der Waals surface area contributed by atoms with Gasteiger partial charge in [0.05, 0.1) is 24.4 Å². The van der Waals surface area contributed by atoms with Crippen LogP contribution in [0.5, 0.6) is 0 Å². The fourth-order valence-corrected chi connectivity index (χ4v) is 5.74. The van der Waals surface area contributed by atoms with Crippen LogP contribution in [0.1, 0.15) is 6.42 Å². The summed E-state index contributed by atoms with van der Waals surface area (Å²) < 4.78 is 29.4. The first-order chi connectivity index (χ1) is 15.7.